The molecule has 17 heavy (non-hydrogen) atoms. The number of methoxy groups -OCH3 is 1. The van der Waals surface area contributed by atoms with Crippen LogP contribution in [0.2, 0.25) is 0 Å². The highest BCUT2D eigenvalue weighted by Gasteiger charge is 2.21. The fraction of sp³-hybridized carbons (Fsp3) is 0.692. The quantitative estimate of drug-likeness (QED) is 0.177. The number of ketones is 1. The average Bonchev–Trinajstić information content (AvgIpc) is 2.28. The van der Waals surface area contributed by atoms with Crippen molar-refractivity contribution >= 4 is 11.8 Å². The molecule has 0 aromatic heterocycles. The monoisotopic (exact) mass is 242 g/mol. The van der Waals surface area contributed by atoms with E-state index in [4.69, 9.17) is 0 Å². The number of carbonyl (C=O) groups is 2. The van der Waals surface area contributed by atoms with Crippen LogP contribution >= 0.6 is 0 Å². The average molecular weight is 242 g/mol. The Morgan fingerprint density at radius 1 is 1.12 bits per heavy atom. The normalized spacial score (nSPS) is 11.9. The predicted molar refractivity (Wildman–Crippen MR) is 65.7 cm³/mol. The highest BCUT2D eigenvalue weighted by atomic mass is 16.5. The van der Waals surface area contributed by atoms with Crippen molar-refractivity contribution in [2.75, 3.05) is 7.11 Å². The SMILES string of the molecule is CCCCCCCC(=O)/C(C(=O)OC)=C(/C)O. The van der Waals surface area contributed by atoms with Gasteiger partial charge < -0.3 is 9.84 Å². The molecular weight excluding hydrogens is 220 g/mol. The summed E-state index contributed by atoms with van der Waals surface area (Å²) in [5, 5.41) is 9.28. The van der Waals surface area contributed by atoms with Gasteiger partial charge in [-0.3, -0.25) is 4.79 Å². The van der Waals surface area contributed by atoms with Gasteiger partial charge in [0.1, 0.15) is 11.3 Å². The van der Waals surface area contributed by atoms with Gasteiger partial charge in [-0.2, -0.15) is 0 Å². The van der Waals surface area contributed by atoms with Crippen LogP contribution in [0.25, 0.3) is 0 Å². The zero-order valence-corrected chi connectivity index (χ0v) is 10.9. The lowest BCUT2D eigenvalue weighted by molar-refractivity contribution is -0.138. The lowest BCUT2D eigenvalue weighted by Gasteiger charge is -2.05. The van der Waals surface area contributed by atoms with Gasteiger partial charge >= 0.3 is 5.97 Å². The first-order valence-electron chi connectivity index (χ1n) is 6.05. The second-order valence-electron chi connectivity index (χ2n) is 4.04. The van der Waals surface area contributed by atoms with Crippen LogP contribution in [-0.2, 0) is 14.3 Å². The summed E-state index contributed by atoms with van der Waals surface area (Å²) in [6.07, 6.45) is 5.40. The zero-order valence-electron chi connectivity index (χ0n) is 10.9. The van der Waals surface area contributed by atoms with E-state index < -0.39 is 5.97 Å². The molecule has 0 fully saturated rings. The number of hydrogen-bond acceptors (Lipinski definition) is 4. The summed E-state index contributed by atoms with van der Waals surface area (Å²) in [5.74, 6) is -1.37. The van der Waals surface area contributed by atoms with E-state index in [2.05, 4.69) is 11.7 Å². The van der Waals surface area contributed by atoms with Gasteiger partial charge in [0.15, 0.2) is 5.78 Å². The maximum Gasteiger partial charge on any atom is 0.344 e. The van der Waals surface area contributed by atoms with E-state index in [1.807, 2.05) is 0 Å². The highest BCUT2D eigenvalue weighted by Crippen LogP contribution is 2.12. The van der Waals surface area contributed by atoms with E-state index in [-0.39, 0.29) is 23.5 Å². The number of esters is 1. The van der Waals surface area contributed by atoms with Crippen molar-refractivity contribution in [1.82, 2.24) is 0 Å². The van der Waals surface area contributed by atoms with Crippen LogP contribution in [0.5, 0.6) is 0 Å². The number of allylic oxidation sites excluding steroid dienone is 1. The third kappa shape index (κ3) is 6.09. The first kappa shape index (κ1) is 15.7. The number of rotatable bonds is 8. The minimum absolute atomic E-state index is 0.219. The third-order valence-electron chi connectivity index (χ3n) is 2.54. The largest absolute Gasteiger partial charge is 0.512 e. The molecule has 0 saturated carbocycles. The fourth-order valence-electron chi connectivity index (χ4n) is 1.58. The summed E-state index contributed by atoms with van der Waals surface area (Å²) in [5.41, 5.74) is -0.219. The predicted octanol–water partition coefficient (Wildman–Crippen LogP) is 2.92. The van der Waals surface area contributed by atoms with E-state index >= 15 is 0 Å². The minimum atomic E-state index is -0.761. The lowest BCUT2D eigenvalue weighted by Crippen LogP contribution is -2.16. The smallest absolute Gasteiger partial charge is 0.344 e. The van der Waals surface area contributed by atoms with E-state index in [1.165, 1.54) is 14.0 Å². The number of Topliss-reactive ketones (excluding diaryl/α,β-unsaturated/α-hetero) is 1. The van der Waals surface area contributed by atoms with Crippen LogP contribution in [0.1, 0.15) is 52.4 Å². The van der Waals surface area contributed by atoms with Crippen LogP contribution in [0.4, 0.5) is 0 Å². The molecule has 98 valence electrons. The molecule has 0 unspecified atom stereocenters. The van der Waals surface area contributed by atoms with Gasteiger partial charge in [0.25, 0.3) is 0 Å². The molecule has 1 N–H and O–H groups in total. The summed E-state index contributed by atoms with van der Waals surface area (Å²) in [7, 11) is 1.19. The fourth-order valence-corrected chi connectivity index (χ4v) is 1.58. The highest BCUT2D eigenvalue weighted by molar-refractivity contribution is 6.17. The molecule has 0 saturated heterocycles. The molecule has 0 heterocycles. The second kappa shape index (κ2) is 8.79. The van der Waals surface area contributed by atoms with Crippen molar-refractivity contribution < 1.29 is 19.4 Å². The third-order valence-corrected chi connectivity index (χ3v) is 2.54. The Kier molecular flexibility index (Phi) is 8.11. The summed E-state index contributed by atoms with van der Waals surface area (Å²) in [4.78, 5) is 23.0. The van der Waals surface area contributed by atoms with Gasteiger partial charge in [-0.05, 0) is 13.3 Å². The Morgan fingerprint density at radius 2 is 1.71 bits per heavy atom. The van der Waals surface area contributed by atoms with Crippen molar-refractivity contribution in [2.24, 2.45) is 0 Å². The molecule has 0 aliphatic carbocycles. The number of ether oxygens (including phenoxy) is 1. The molecule has 4 nitrogen and oxygen atoms in total. The van der Waals surface area contributed by atoms with Crippen LogP contribution in [-0.4, -0.2) is 24.0 Å². The molecule has 4 heteroatoms. The molecule has 0 aromatic carbocycles. The van der Waals surface area contributed by atoms with Crippen LogP contribution in [0.15, 0.2) is 11.3 Å². The molecule has 0 aliphatic heterocycles. The molecule has 0 amide bonds. The molecular formula is C13H22O4. The van der Waals surface area contributed by atoms with Crippen molar-refractivity contribution in [3.05, 3.63) is 11.3 Å². The summed E-state index contributed by atoms with van der Waals surface area (Å²) in [6.45, 7) is 3.44. The Hall–Kier alpha value is -1.32. The van der Waals surface area contributed by atoms with Gasteiger partial charge in [0, 0.05) is 6.42 Å². The Balaban J connectivity index is 4.19. The van der Waals surface area contributed by atoms with Crippen LogP contribution in [0.3, 0.4) is 0 Å². The minimum Gasteiger partial charge on any atom is -0.512 e. The molecule has 0 aromatic rings. The standard InChI is InChI=1S/C13H22O4/c1-4-5-6-7-8-9-11(15)12(10(2)14)13(16)17-3/h14H,4-9H2,1-3H3/b12-10+. The topological polar surface area (TPSA) is 63.6 Å². The Morgan fingerprint density at radius 3 is 2.18 bits per heavy atom. The maximum absolute atomic E-state index is 11.7. The number of aliphatic hydroxyl groups is 1. The first-order valence-corrected chi connectivity index (χ1v) is 6.05. The van der Waals surface area contributed by atoms with Crippen molar-refractivity contribution in [3.8, 4) is 0 Å². The number of unbranched alkanes of at least 4 members (excludes halogenated alkanes) is 4. The van der Waals surface area contributed by atoms with Crippen molar-refractivity contribution in [2.45, 2.75) is 52.4 Å². The zero-order chi connectivity index (χ0) is 13.3. The van der Waals surface area contributed by atoms with Crippen molar-refractivity contribution in [1.29, 1.82) is 0 Å². The first-order chi connectivity index (χ1) is 8.04. The lowest BCUT2D eigenvalue weighted by atomic mass is 10.0. The van der Waals surface area contributed by atoms with Gasteiger partial charge in [-0.1, -0.05) is 32.6 Å². The van der Waals surface area contributed by atoms with Gasteiger partial charge in [0.2, 0.25) is 0 Å². The summed E-state index contributed by atoms with van der Waals surface area (Å²) in [6, 6.07) is 0. The van der Waals surface area contributed by atoms with Crippen LogP contribution < -0.4 is 0 Å². The molecule has 0 radical (unpaired) electrons. The van der Waals surface area contributed by atoms with E-state index in [1.54, 1.807) is 0 Å². The number of carbonyl (C=O) groups excluding carboxylic acids is 2. The molecule has 0 aliphatic rings. The molecule has 0 bridgehead atoms. The molecule has 0 spiro atoms. The number of aliphatic hydroxyl groups excluding tert-OH is 1. The molecule has 0 rings (SSSR count). The summed E-state index contributed by atoms with van der Waals surface area (Å²) < 4.78 is 4.46. The van der Waals surface area contributed by atoms with E-state index in [0.717, 1.165) is 32.1 Å². The summed E-state index contributed by atoms with van der Waals surface area (Å²) >= 11 is 0. The van der Waals surface area contributed by atoms with Crippen LogP contribution in [0, 0.1) is 0 Å². The molecule has 0 atom stereocenters. The van der Waals surface area contributed by atoms with Gasteiger partial charge in [-0.25, -0.2) is 4.79 Å². The Bertz CT molecular complexity index is 288. The number of hydrogen-bond donors (Lipinski definition) is 1. The second-order valence-corrected chi connectivity index (χ2v) is 4.04. The Labute approximate surface area is 103 Å². The van der Waals surface area contributed by atoms with E-state index in [9.17, 15) is 14.7 Å². The van der Waals surface area contributed by atoms with E-state index in [0.29, 0.717) is 0 Å². The van der Waals surface area contributed by atoms with Gasteiger partial charge in [-0.15, -0.1) is 0 Å². The van der Waals surface area contributed by atoms with Crippen molar-refractivity contribution in [3.63, 3.8) is 0 Å². The maximum atomic E-state index is 11.7. The van der Waals surface area contributed by atoms with Gasteiger partial charge in [0.05, 0.1) is 7.11 Å².